The number of carboxylic acids is 1. The molecule has 3 aliphatic rings. The number of para-hydroxylation sites is 1. The zero-order chi connectivity index (χ0) is 16.6. The van der Waals surface area contributed by atoms with Crippen LogP contribution in [0.4, 0.5) is 5.69 Å². The molecule has 0 amide bonds. The summed E-state index contributed by atoms with van der Waals surface area (Å²) in [6, 6.07) is 13.7. The third-order valence-corrected chi connectivity index (χ3v) is 6.58. The number of nitrogens with zero attached hydrogens (tertiary/aromatic N) is 1. The summed E-state index contributed by atoms with van der Waals surface area (Å²) in [7, 11) is 0. The first-order valence-electron chi connectivity index (χ1n) is 8.53. The fourth-order valence-electron chi connectivity index (χ4n) is 4.36. The molecule has 3 saturated heterocycles. The van der Waals surface area contributed by atoms with Crippen LogP contribution in [0.2, 0.25) is 0 Å². The Morgan fingerprint density at radius 2 is 1.92 bits per heavy atom. The first kappa shape index (κ1) is 15.7. The van der Waals surface area contributed by atoms with Gasteiger partial charge in [-0.25, -0.2) is 4.79 Å². The number of piperidine rings is 3. The van der Waals surface area contributed by atoms with Crippen molar-refractivity contribution in [2.45, 2.75) is 18.4 Å². The summed E-state index contributed by atoms with van der Waals surface area (Å²) in [5.41, 5.74) is -0.191. The molecule has 4 heterocycles. The monoisotopic (exact) mass is 342 g/mol. The van der Waals surface area contributed by atoms with Crippen LogP contribution in [-0.2, 0) is 10.3 Å². The third kappa shape index (κ3) is 2.52. The molecule has 2 aromatic rings. The van der Waals surface area contributed by atoms with Gasteiger partial charge in [0.2, 0.25) is 0 Å². The van der Waals surface area contributed by atoms with Gasteiger partial charge < -0.3 is 15.3 Å². The van der Waals surface area contributed by atoms with Crippen molar-refractivity contribution in [1.29, 1.82) is 0 Å². The Labute approximate surface area is 146 Å². The molecule has 0 radical (unpaired) electrons. The topological polar surface area (TPSA) is 52.6 Å². The van der Waals surface area contributed by atoms with E-state index >= 15 is 0 Å². The van der Waals surface area contributed by atoms with Crippen molar-refractivity contribution in [2.24, 2.45) is 11.8 Å². The fraction of sp³-hybridized carbons (Fsp3) is 0.421. The third-order valence-electron chi connectivity index (χ3n) is 5.57. The van der Waals surface area contributed by atoms with Crippen LogP contribution in [0, 0.1) is 11.8 Å². The minimum atomic E-state index is -1.06. The van der Waals surface area contributed by atoms with Crippen LogP contribution in [0.5, 0.6) is 0 Å². The highest BCUT2D eigenvalue weighted by Gasteiger charge is 2.54. The second kappa shape index (κ2) is 6.22. The minimum Gasteiger partial charge on any atom is -0.479 e. The van der Waals surface area contributed by atoms with Gasteiger partial charge in [0.25, 0.3) is 0 Å². The normalized spacial score (nSPS) is 28.2. The lowest BCUT2D eigenvalue weighted by Crippen LogP contribution is -2.60. The number of nitrogens with one attached hydrogen (secondary N) is 1. The van der Waals surface area contributed by atoms with Crippen molar-refractivity contribution in [3.8, 4) is 0 Å². The molecule has 0 spiro atoms. The number of thiophene rings is 1. The predicted octanol–water partition coefficient (Wildman–Crippen LogP) is 3.48. The Kier molecular flexibility index (Phi) is 4.06. The maximum Gasteiger partial charge on any atom is 0.335 e. The molecule has 4 nitrogen and oxygen atoms in total. The first-order valence-corrected chi connectivity index (χ1v) is 9.41. The quantitative estimate of drug-likeness (QED) is 0.873. The molecule has 24 heavy (non-hydrogen) atoms. The van der Waals surface area contributed by atoms with Crippen molar-refractivity contribution in [3.05, 3.63) is 52.7 Å². The van der Waals surface area contributed by atoms with Crippen LogP contribution in [-0.4, -0.2) is 35.6 Å². The van der Waals surface area contributed by atoms with Crippen LogP contribution in [0.1, 0.15) is 17.7 Å². The van der Waals surface area contributed by atoms with Crippen molar-refractivity contribution < 1.29 is 9.90 Å². The highest BCUT2D eigenvalue weighted by molar-refractivity contribution is 7.10. The van der Waals surface area contributed by atoms with E-state index in [1.165, 1.54) is 11.3 Å². The summed E-state index contributed by atoms with van der Waals surface area (Å²) < 4.78 is 0. The molecule has 3 aliphatic heterocycles. The SMILES string of the molecule is O=C(O)C(Nc1ccccc1)(c1cccs1)C1CN2CCC1CC2. The van der Waals surface area contributed by atoms with E-state index in [1.807, 2.05) is 47.8 Å². The maximum absolute atomic E-state index is 12.6. The fourth-order valence-corrected chi connectivity index (χ4v) is 5.30. The van der Waals surface area contributed by atoms with E-state index in [2.05, 4.69) is 10.2 Å². The maximum atomic E-state index is 12.6. The standard InChI is InChI=1S/C19H22N2O2S/c22-18(23)19(17-7-4-12-24-17,20-15-5-2-1-3-6-15)16-13-21-10-8-14(16)9-11-21/h1-7,12,14,16,20H,8-11,13H2,(H,22,23). The molecule has 2 bridgehead atoms. The van der Waals surface area contributed by atoms with Gasteiger partial charge in [0.05, 0.1) is 0 Å². The number of fused-ring (bicyclic) bond motifs is 3. The highest BCUT2D eigenvalue weighted by atomic mass is 32.1. The van der Waals surface area contributed by atoms with Crippen LogP contribution in [0.3, 0.4) is 0 Å². The van der Waals surface area contributed by atoms with Crippen LogP contribution < -0.4 is 5.32 Å². The van der Waals surface area contributed by atoms with E-state index < -0.39 is 11.5 Å². The van der Waals surface area contributed by atoms with Crippen LogP contribution in [0.25, 0.3) is 0 Å². The Balaban J connectivity index is 1.80. The summed E-state index contributed by atoms with van der Waals surface area (Å²) in [4.78, 5) is 15.9. The van der Waals surface area contributed by atoms with Gasteiger partial charge in [-0.2, -0.15) is 0 Å². The van der Waals surface area contributed by atoms with Gasteiger partial charge in [0.15, 0.2) is 5.54 Å². The second-order valence-electron chi connectivity index (χ2n) is 6.83. The molecule has 0 aliphatic carbocycles. The van der Waals surface area contributed by atoms with Gasteiger partial charge in [-0.1, -0.05) is 24.3 Å². The predicted molar refractivity (Wildman–Crippen MR) is 96.4 cm³/mol. The van der Waals surface area contributed by atoms with E-state index in [0.717, 1.165) is 43.0 Å². The Bertz CT molecular complexity index is 695. The van der Waals surface area contributed by atoms with Gasteiger partial charge in [-0.3, -0.25) is 0 Å². The highest BCUT2D eigenvalue weighted by Crippen LogP contribution is 2.46. The van der Waals surface area contributed by atoms with E-state index in [1.54, 1.807) is 0 Å². The molecule has 1 aromatic carbocycles. The Morgan fingerprint density at radius 3 is 2.46 bits per heavy atom. The number of carboxylic acid groups (broad SMARTS) is 1. The average Bonchev–Trinajstić information content (AvgIpc) is 3.16. The van der Waals surface area contributed by atoms with Crippen molar-refractivity contribution in [2.75, 3.05) is 25.0 Å². The Morgan fingerprint density at radius 1 is 1.17 bits per heavy atom. The number of benzene rings is 1. The van der Waals surface area contributed by atoms with E-state index in [0.29, 0.717) is 5.92 Å². The largest absolute Gasteiger partial charge is 0.479 e. The summed E-state index contributed by atoms with van der Waals surface area (Å²) in [5, 5.41) is 15.8. The summed E-state index contributed by atoms with van der Waals surface area (Å²) in [6.07, 6.45) is 2.20. The number of hydrogen-bond acceptors (Lipinski definition) is 4. The van der Waals surface area contributed by atoms with Gasteiger partial charge in [-0.05, 0) is 55.4 Å². The number of aliphatic carboxylic acids is 1. The number of carbonyl (C=O) groups is 1. The lowest BCUT2D eigenvalue weighted by Gasteiger charge is -2.51. The second-order valence-corrected chi connectivity index (χ2v) is 7.77. The molecular formula is C19H22N2O2S. The molecule has 2 atom stereocenters. The lowest BCUT2D eigenvalue weighted by atomic mass is 9.67. The zero-order valence-electron chi connectivity index (χ0n) is 13.5. The van der Waals surface area contributed by atoms with Gasteiger partial charge >= 0.3 is 5.97 Å². The molecule has 5 heteroatoms. The Hall–Kier alpha value is -1.85. The van der Waals surface area contributed by atoms with Crippen molar-refractivity contribution in [1.82, 2.24) is 4.90 Å². The van der Waals surface area contributed by atoms with E-state index in [-0.39, 0.29) is 5.92 Å². The van der Waals surface area contributed by atoms with Crippen molar-refractivity contribution >= 4 is 23.0 Å². The number of rotatable bonds is 5. The molecule has 5 rings (SSSR count). The van der Waals surface area contributed by atoms with E-state index in [9.17, 15) is 9.90 Å². The number of anilines is 1. The minimum absolute atomic E-state index is 0.0800. The molecule has 1 aromatic heterocycles. The molecule has 0 saturated carbocycles. The summed E-state index contributed by atoms with van der Waals surface area (Å²) in [6.45, 7) is 3.06. The lowest BCUT2D eigenvalue weighted by molar-refractivity contribution is -0.148. The smallest absolute Gasteiger partial charge is 0.335 e. The van der Waals surface area contributed by atoms with Gasteiger partial charge in [0, 0.05) is 23.0 Å². The van der Waals surface area contributed by atoms with Gasteiger partial charge in [-0.15, -0.1) is 11.3 Å². The van der Waals surface area contributed by atoms with Gasteiger partial charge in [0.1, 0.15) is 0 Å². The summed E-state index contributed by atoms with van der Waals surface area (Å²) >= 11 is 1.54. The van der Waals surface area contributed by atoms with Crippen LogP contribution >= 0.6 is 11.3 Å². The molecule has 2 N–H and O–H groups in total. The number of hydrogen-bond donors (Lipinski definition) is 2. The first-order chi connectivity index (χ1) is 11.7. The van der Waals surface area contributed by atoms with E-state index in [4.69, 9.17) is 0 Å². The molecular weight excluding hydrogens is 320 g/mol. The molecule has 3 fully saturated rings. The molecule has 2 unspecified atom stereocenters. The summed E-state index contributed by atoms with van der Waals surface area (Å²) in [5.74, 6) is -0.228. The molecule has 126 valence electrons. The van der Waals surface area contributed by atoms with Crippen LogP contribution in [0.15, 0.2) is 47.8 Å². The van der Waals surface area contributed by atoms with Crippen molar-refractivity contribution in [3.63, 3.8) is 0 Å². The average molecular weight is 342 g/mol. The zero-order valence-corrected chi connectivity index (χ0v) is 14.3.